The number of halogens is 2. The summed E-state index contributed by atoms with van der Waals surface area (Å²) in [6, 6.07) is 14.6. The van der Waals surface area contributed by atoms with Gasteiger partial charge < -0.3 is 10.1 Å². The van der Waals surface area contributed by atoms with Crippen LogP contribution in [0.1, 0.15) is 27.3 Å². The number of aromatic nitrogens is 4. The van der Waals surface area contributed by atoms with Gasteiger partial charge in [0, 0.05) is 10.6 Å². The second kappa shape index (κ2) is 9.58. The Morgan fingerprint density at radius 3 is 2.75 bits per heavy atom. The van der Waals surface area contributed by atoms with Crippen LogP contribution in [-0.4, -0.2) is 25.5 Å². The monoisotopic (exact) mass is 513 g/mol. The van der Waals surface area contributed by atoms with Gasteiger partial charge in [0.15, 0.2) is 6.73 Å². The van der Waals surface area contributed by atoms with Crippen LogP contribution in [0.15, 0.2) is 65.4 Å². The number of rotatable bonds is 7. The van der Waals surface area contributed by atoms with Crippen molar-refractivity contribution < 1.29 is 9.53 Å². The highest BCUT2D eigenvalue weighted by Crippen LogP contribution is 2.21. The molecule has 2 heterocycles. The normalized spacial score (nSPS) is 10.9. The minimum absolute atomic E-state index is 0.198. The Hall–Kier alpha value is -3.10. The van der Waals surface area contributed by atoms with Gasteiger partial charge in [0.25, 0.3) is 5.91 Å². The van der Waals surface area contributed by atoms with Gasteiger partial charge in [0.1, 0.15) is 5.75 Å². The van der Waals surface area contributed by atoms with Gasteiger partial charge in [-0.1, -0.05) is 29.8 Å². The molecule has 2 aromatic heterocycles. The standard InChI is InChI=1S/C23H21BrClN5O2/c1-15-22(24)16(2)30(28-15)12-17-5-3-6-18(9-17)23(31)27-20-11-26-29(13-20)14-32-21-8-4-7-19(25)10-21/h3-11,13H,12,14H2,1-2H3,(H,27,31). The highest BCUT2D eigenvalue weighted by atomic mass is 79.9. The molecule has 9 heteroatoms. The summed E-state index contributed by atoms with van der Waals surface area (Å²) in [5.74, 6) is 0.432. The Morgan fingerprint density at radius 1 is 1.19 bits per heavy atom. The third-order valence-electron chi connectivity index (χ3n) is 4.87. The number of carbonyl (C=O) groups is 1. The zero-order valence-electron chi connectivity index (χ0n) is 17.5. The largest absolute Gasteiger partial charge is 0.471 e. The molecule has 164 valence electrons. The Kier molecular flexibility index (Phi) is 6.62. The van der Waals surface area contributed by atoms with Crippen molar-refractivity contribution in [3.05, 3.63) is 92.9 Å². The molecule has 7 nitrogen and oxygen atoms in total. The Morgan fingerprint density at radius 2 is 2.00 bits per heavy atom. The topological polar surface area (TPSA) is 74.0 Å². The summed E-state index contributed by atoms with van der Waals surface area (Å²) in [4.78, 5) is 12.7. The summed E-state index contributed by atoms with van der Waals surface area (Å²) >= 11 is 9.51. The van der Waals surface area contributed by atoms with Crippen LogP contribution >= 0.6 is 27.5 Å². The van der Waals surface area contributed by atoms with Crippen LogP contribution in [0.4, 0.5) is 5.69 Å². The lowest BCUT2D eigenvalue weighted by Gasteiger charge is -2.08. The Balaban J connectivity index is 1.39. The molecule has 0 aliphatic carbocycles. The second-order valence-electron chi connectivity index (χ2n) is 7.30. The van der Waals surface area contributed by atoms with Crippen LogP contribution in [-0.2, 0) is 13.3 Å². The summed E-state index contributed by atoms with van der Waals surface area (Å²) in [6.07, 6.45) is 3.29. The Bertz CT molecular complexity index is 1270. The molecule has 4 aromatic rings. The minimum atomic E-state index is -0.211. The zero-order chi connectivity index (χ0) is 22.7. The highest BCUT2D eigenvalue weighted by molar-refractivity contribution is 9.10. The van der Waals surface area contributed by atoms with E-state index in [-0.39, 0.29) is 12.6 Å². The van der Waals surface area contributed by atoms with E-state index in [1.807, 2.05) is 48.9 Å². The predicted octanol–water partition coefficient (Wildman–Crippen LogP) is 5.45. The van der Waals surface area contributed by atoms with E-state index in [2.05, 4.69) is 31.4 Å². The number of nitrogens with zero attached hydrogens (tertiary/aromatic N) is 4. The number of nitrogens with one attached hydrogen (secondary N) is 1. The molecule has 0 aliphatic heterocycles. The van der Waals surface area contributed by atoms with Crippen molar-refractivity contribution in [1.29, 1.82) is 0 Å². The quantitative estimate of drug-likeness (QED) is 0.356. The molecule has 1 amide bonds. The Labute approximate surface area is 199 Å². The molecule has 0 fully saturated rings. The molecule has 32 heavy (non-hydrogen) atoms. The second-order valence-corrected chi connectivity index (χ2v) is 8.53. The lowest BCUT2D eigenvalue weighted by Crippen LogP contribution is -2.12. The van der Waals surface area contributed by atoms with Crippen LogP contribution in [0.2, 0.25) is 5.02 Å². The number of anilines is 1. The van der Waals surface area contributed by atoms with Crippen molar-refractivity contribution in [2.45, 2.75) is 27.1 Å². The van der Waals surface area contributed by atoms with Crippen LogP contribution in [0.25, 0.3) is 0 Å². The van der Waals surface area contributed by atoms with Crippen molar-refractivity contribution in [2.24, 2.45) is 0 Å². The first-order valence-corrected chi connectivity index (χ1v) is 11.1. The van der Waals surface area contributed by atoms with Crippen molar-refractivity contribution in [2.75, 3.05) is 5.32 Å². The number of aryl methyl sites for hydroxylation is 1. The van der Waals surface area contributed by atoms with Gasteiger partial charge in [-0.05, 0) is 65.7 Å². The molecule has 0 saturated carbocycles. The lowest BCUT2D eigenvalue weighted by molar-refractivity contribution is 0.102. The van der Waals surface area contributed by atoms with Crippen LogP contribution < -0.4 is 10.1 Å². The zero-order valence-corrected chi connectivity index (χ0v) is 19.9. The average molecular weight is 515 g/mol. The fraction of sp³-hybridized carbons (Fsp3) is 0.174. The number of hydrogen-bond donors (Lipinski definition) is 1. The van der Waals surface area contributed by atoms with E-state index >= 15 is 0 Å². The SMILES string of the molecule is Cc1nn(Cc2cccc(C(=O)Nc3cnn(COc4cccc(Cl)c4)c3)c2)c(C)c1Br. The van der Waals surface area contributed by atoms with Gasteiger partial charge in [-0.25, -0.2) is 4.68 Å². The highest BCUT2D eigenvalue weighted by Gasteiger charge is 2.12. The van der Waals surface area contributed by atoms with Gasteiger partial charge in [-0.3, -0.25) is 9.48 Å². The summed E-state index contributed by atoms with van der Waals surface area (Å²) in [6.45, 7) is 4.74. The van der Waals surface area contributed by atoms with E-state index in [1.54, 1.807) is 35.3 Å². The summed E-state index contributed by atoms with van der Waals surface area (Å²) in [5.41, 5.74) is 4.11. The molecule has 1 N–H and O–H groups in total. The maximum absolute atomic E-state index is 12.7. The van der Waals surface area contributed by atoms with Crippen LogP contribution in [0.5, 0.6) is 5.75 Å². The number of amides is 1. The average Bonchev–Trinajstić information content (AvgIpc) is 3.32. The molecule has 0 bridgehead atoms. The number of hydrogen-bond acceptors (Lipinski definition) is 4. The van der Waals surface area contributed by atoms with E-state index < -0.39 is 0 Å². The van der Waals surface area contributed by atoms with Crippen molar-refractivity contribution in [3.63, 3.8) is 0 Å². The first-order valence-electron chi connectivity index (χ1n) is 9.89. The number of ether oxygens (including phenoxy) is 1. The van der Waals surface area contributed by atoms with Gasteiger partial charge in [0.2, 0.25) is 0 Å². The van der Waals surface area contributed by atoms with Crippen molar-refractivity contribution in [1.82, 2.24) is 19.6 Å². The molecule has 0 atom stereocenters. The summed E-state index contributed by atoms with van der Waals surface area (Å²) in [5, 5.41) is 12.2. The van der Waals surface area contributed by atoms with E-state index in [4.69, 9.17) is 16.3 Å². The molecule has 2 aromatic carbocycles. The summed E-state index contributed by atoms with van der Waals surface area (Å²) in [7, 11) is 0. The van der Waals surface area contributed by atoms with Crippen molar-refractivity contribution >= 4 is 39.1 Å². The maximum atomic E-state index is 12.7. The van der Waals surface area contributed by atoms with E-state index in [0.29, 0.717) is 28.6 Å². The van der Waals surface area contributed by atoms with Crippen molar-refractivity contribution in [3.8, 4) is 5.75 Å². The van der Waals surface area contributed by atoms with Gasteiger partial charge >= 0.3 is 0 Å². The van der Waals surface area contributed by atoms with Crippen LogP contribution in [0, 0.1) is 13.8 Å². The van der Waals surface area contributed by atoms with Crippen LogP contribution in [0.3, 0.4) is 0 Å². The van der Waals surface area contributed by atoms with Gasteiger partial charge in [0.05, 0.1) is 40.5 Å². The van der Waals surface area contributed by atoms with E-state index in [0.717, 1.165) is 21.4 Å². The smallest absolute Gasteiger partial charge is 0.255 e. The molecule has 0 unspecified atom stereocenters. The minimum Gasteiger partial charge on any atom is -0.471 e. The molecular formula is C23H21BrClN5O2. The first kappa shape index (κ1) is 22.1. The maximum Gasteiger partial charge on any atom is 0.255 e. The fourth-order valence-electron chi connectivity index (χ4n) is 3.21. The number of benzene rings is 2. The van der Waals surface area contributed by atoms with E-state index in [9.17, 15) is 4.79 Å². The molecule has 0 spiro atoms. The molecule has 0 saturated heterocycles. The third-order valence-corrected chi connectivity index (χ3v) is 6.25. The van der Waals surface area contributed by atoms with Gasteiger partial charge in [-0.15, -0.1) is 0 Å². The van der Waals surface area contributed by atoms with Gasteiger partial charge in [-0.2, -0.15) is 10.2 Å². The fourth-order valence-corrected chi connectivity index (χ4v) is 3.68. The molecule has 0 radical (unpaired) electrons. The van der Waals surface area contributed by atoms with E-state index in [1.165, 1.54) is 0 Å². The summed E-state index contributed by atoms with van der Waals surface area (Å²) < 4.78 is 10.2. The number of carbonyl (C=O) groups excluding carboxylic acids is 1. The molecule has 4 rings (SSSR count). The third kappa shape index (κ3) is 5.20. The molecule has 0 aliphatic rings. The molecular weight excluding hydrogens is 494 g/mol. The lowest BCUT2D eigenvalue weighted by atomic mass is 10.1. The first-order chi connectivity index (χ1) is 15.4. The predicted molar refractivity (Wildman–Crippen MR) is 127 cm³/mol.